The van der Waals surface area contributed by atoms with E-state index in [1.165, 1.54) is 0 Å². The van der Waals surface area contributed by atoms with Crippen LogP contribution in [-0.4, -0.2) is 42.3 Å². The van der Waals surface area contributed by atoms with Crippen molar-refractivity contribution in [3.8, 4) is 0 Å². The lowest BCUT2D eigenvalue weighted by atomic mass is 10.1. The van der Waals surface area contributed by atoms with E-state index in [2.05, 4.69) is 29.8 Å². The largest absolute Gasteiger partial charge is 0.376 e. The van der Waals surface area contributed by atoms with E-state index in [1.807, 2.05) is 11.8 Å². The Morgan fingerprint density at radius 2 is 1.45 bits per heavy atom. The van der Waals surface area contributed by atoms with Crippen LogP contribution >= 0.6 is 11.6 Å². The molecule has 0 bridgehead atoms. The average molecular weight is 473 g/mol. The molecule has 0 aliphatic carbocycles. The van der Waals surface area contributed by atoms with Crippen LogP contribution in [0.25, 0.3) is 0 Å². The van der Waals surface area contributed by atoms with Crippen LogP contribution in [-0.2, 0) is 9.59 Å². The van der Waals surface area contributed by atoms with Crippen LogP contribution in [0.2, 0.25) is 5.02 Å². The number of nitrogens with zero attached hydrogens (tertiary/aromatic N) is 1. The second kappa shape index (κ2) is 13.5. The summed E-state index contributed by atoms with van der Waals surface area (Å²) in [4.78, 5) is 38.7. The highest BCUT2D eigenvalue weighted by Gasteiger charge is 2.14. The number of benzene rings is 2. The topological polar surface area (TPSA) is 90.5 Å². The lowest BCUT2D eigenvalue weighted by Gasteiger charge is -2.21. The van der Waals surface area contributed by atoms with Crippen molar-refractivity contribution in [3.05, 3.63) is 53.1 Å². The van der Waals surface area contributed by atoms with Crippen LogP contribution in [0.1, 0.15) is 56.8 Å². The third-order valence-corrected chi connectivity index (χ3v) is 5.19. The first-order chi connectivity index (χ1) is 15.9. The first-order valence-electron chi connectivity index (χ1n) is 11.4. The number of nitrogens with one attached hydrogen (secondary N) is 3. The van der Waals surface area contributed by atoms with Gasteiger partial charge in [-0.2, -0.15) is 0 Å². The molecule has 7 nitrogen and oxygen atoms in total. The Morgan fingerprint density at radius 1 is 0.818 bits per heavy atom. The third-order valence-electron chi connectivity index (χ3n) is 4.86. The molecule has 0 aliphatic rings. The first kappa shape index (κ1) is 26.2. The molecule has 0 atom stereocenters. The number of amides is 3. The van der Waals surface area contributed by atoms with Gasteiger partial charge in [-0.1, -0.05) is 32.4 Å². The van der Waals surface area contributed by atoms with Crippen molar-refractivity contribution in [1.29, 1.82) is 0 Å². The number of carbonyl (C=O) groups is 3. The fraction of sp³-hybridized carbons (Fsp3) is 0.400. The lowest BCUT2D eigenvalue weighted by Crippen LogP contribution is -2.32. The number of carbonyl (C=O) groups excluding carboxylic acids is 3. The number of hydrogen-bond donors (Lipinski definition) is 3. The SMILES string of the molecule is CCCC(=O)Nc1ccc(Cl)c(NC(=O)CNc2ccc(C(=O)N(CCC)CCC)cc2)c1. The van der Waals surface area contributed by atoms with Gasteiger partial charge in [-0.05, 0) is 61.7 Å². The van der Waals surface area contributed by atoms with Gasteiger partial charge in [0.25, 0.3) is 5.91 Å². The van der Waals surface area contributed by atoms with Crippen LogP contribution in [0.15, 0.2) is 42.5 Å². The zero-order valence-corrected chi connectivity index (χ0v) is 20.3. The normalized spacial score (nSPS) is 10.4. The van der Waals surface area contributed by atoms with Crippen molar-refractivity contribution in [1.82, 2.24) is 4.90 Å². The van der Waals surface area contributed by atoms with Crippen LogP contribution in [0.4, 0.5) is 17.1 Å². The minimum atomic E-state index is -0.286. The predicted molar refractivity (Wildman–Crippen MR) is 135 cm³/mol. The van der Waals surface area contributed by atoms with E-state index in [1.54, 1.807) is 42.5 Å². The Kier molecular flexibility index (Phi) is 10.7. The van der Waals surface area contributed by atoms with Crippen molar-refractivity contribution in [2.45, 2.75) is 46.5 Å². The molecule has 0 saturated heterocycles. The van der Waals surface area contributed by atoms with Crippen LogP contribution in [0, 0.1) is 0 Å². The first-order valence-corrected chi connectivity index (χ1v) is 11.8. The van der Waals surface area contributed by atoms with E-state index in [4.69, 9.17) is 11.6 Å². The molecule has 3 N–H and O–H groups in total. The molecule has 0 radical (unpaired) electrons. The minimum Gasteiger partial charge on any atom is -0.376 e. The Morgan fingerprint density at radius 3 is 2.06 bits per heavy atom. The Balaban J connectivity index is 1.93. The van der Waals surface area contributed by atoms with Crippen molar-refractivity contribution in [2.75, 3.05) is 35.6 Å². The molecular weight excluding hydrogens is 440 g/mol. The standard InChI is InChI=1S/C25H33ClN4O3/c1-4-7-23(31)28-20-12-13-21(26)22(16-20)29-24(32)17-27-19-10-8-18(9-11-19)25(33)30(14-5-2)15-6-3/h8-13,16,27H,4-7,14-15,17H2,1-3H3,(H,28,31)(H,29,32). The molecule has 2 aromatic carbocycles. The van der Waals surface area contributed by atoms with Gasteiger partial charge >= 0.3 is 0 Å². The summed E-state index contributed by atoms with van der Waals surface area (Å²) in [6, 6.07) is 12.0. The Labute approximate surface area is 200 Å². The van der Waals surface area contributed by atoms with E-state index in [0.29, 0.717) is 28.4 Å². The summed E-state index contributed by atoms with van der Waals surface area (Å²) in [7, 11) is 0. The van der Waals surface area contributed by atoms with E-state index >= 15 is 0 Å². The molecule has 3 amide bonds. The number of rotatable bonds is 12. The van der Waals surface area contributed by atoms with Gasteiger partial charge in [-0.15, -0.1) is 0 Å². The maximum Gasteiger partial charge on any atom is 0.253 e. The molecule has 178 valence electrons. The summed E-state index contributed by atoms with van der Waals surface area (Å²) < 4.78 is 0. The van der Waals surface area contributed by atoms with Crippen molar-refractivity contribution >= 4 is 46.4 Å². The highest BCUT2D eigenvalue weighted by atomic mass is 35.5. The maximum atomic E-state index is 12.7. The van der Waals surface area contributed by atoms with Crippen molar-refractivity contribution in [3.63, 3.8) is 0 Å². The van der Waals surface area contributed by atoms with E-state index in [-0.39, 0.29) is 24.3 Å². The van der Waals surface area contributed by atoms with Gasteiger partial charge in [0.15, 0.2) is 0 Å². The fourth-order valence-electron chi connectivity index (χ4n) is 3.29. The molecule has 0 spiro atoms. The molecule has 8 heteroatoms. The number of halogens is 1. The molecule has 0 heterocycles. The van der Waals surface area contributed by atoms with Gasteiger partial charge in [0.2, 0.25) is 11.8 Å². The maximum absolute atomic E-state index is 12.7. The van der Waals surface area contributed by atoms with Crippen molar-refractivity contribution in [2.24, 2.45) is 0 Å². The molecule has 2 rings (SSSR count). The summed E-state index contributed by atoms with van der Waals surface area (Å²) in [6.07, 6.45) is 3.00. The van der Waals surface area contributed by atoms with Gasteiger partial charge in [0.05, 0.1) is 17.3 Å². The molecule has 0 aromatic heterocycles. The van der Waals surface area contributed by atoms with Crippen LogP contribution < -0.4 is 16.0 Å². The molecule has 0 saturated carbocycles. The quantitative estimate of drug-likeness (QED) is 0.386. The fourth-order valence-corrected chi connectivity index (χ4v) is 3.46. The van der Waals surface area contributed by atoms with E-state index in [0.717, 1.165) is 38.0 Å². The molecular formula is C25H33ClN4O3. The average Bonchev–Trinajstić information content (AvgIpc) is 2.80. The predicted octanol–water partition coefficient (Wildman–Crippen LogP) is 5.39. The van der Waals surface area contributed by atoms with Crippen LogP contribution in [0.3, 0.4) is 0 Å². The van der Waals surface area contributed by atoms with Gasteiger partial charge in [0, 0.05) is 36.4 Å². The Bertz CT molecular complexity index is 941. The summed E-state index contributed by atoms with van der Waals surface area (Å²) in [5, 5.41) is 8.96. The highest BCUT2D eigenvalue weighted by molar-refractivity contribution is 6.33. The summed E-state index contributed by atoms with van der Waals surface area (Å²) in [6.45, 7) is 7.53. The molecule has 0 fully saturated rings. The zero-order valence-electron chi connectivity index (χ0n) is 19.5. The molecule has 0 aliphatic heterocycles. The third kappa shape index (κ3) is 8.42. The van der Waals surface area contributed by atoms with E-state index < -0.39 is 0 Å². The van der Waals surface area contributed by atoms with Gasteiger partial charge in [-0.25, -0.2) is 0 Å². The van der Waals surface area contributed by atoms with Crippen molar-refractivity contribution < 1.29 is 14.4 Å². The van der Waals surface area contributed by atoms with Gasteiger partial charge < -0.3 is 20.9 Å². The second-order valence-corrected chi connectivity index (χ2v) is 8.17. The minimum absolute atomic E-state index is 0.0172. The van der Waals surface area contributed by atoms with Crippen LogP contribution in [0.5, 0.6) is 0 Å². The summed E-state index contributed by atoms with van der Waals surface area (Å²) >= 11 is 6.19. The number of anilines is 3. The number of hydrogen-bond acceptors (Lipinski definition) is 4. The van der Waals surface area contributed by atoms with Gasteiger partial charge in [-0.3, -0.25) is 14.4 Å². The molecule has 2 aromatic rings. The zero-order chi connectivity index (χ0) is 24.2. The van der Waals surface area contributed by atoms with Gasteiger partial charge in [0.1, 0.15) is 0 Å². The summed E-state index contributed by atoms with van der Waals surface area (Å²) in [5.41, 5.74) is 2.35. The molecule has 33 heavy (non-hydrogen) atoms. The monoisotopic (exact) mass is 472 g/mol. The smallest absolute Gasteiger partial charge is 0.253 e. The second-order valence-electron chi connectivity index (χ2n) is 7.76. The molecule has 0 unspecified atom stereocenters. The van der Waals surface area contributed by atoms with E-state index in [9.17, 15) is 14.4 Å². The lowest BCUT2D eigenvalue weighted by molar-refractivity contribution is -0.116. The Hall–Kier alpha value is -3.06. The highest BCUT2D eigenvalue weighted by Crippen LogP contribution is 2.25. The summed E-state index contributed by atoms with van der Waals surface area (Å²) in [5.74, 6) is -0.358.